The van der Waals surface area contributed by atoms with E-state index in [1.807, 2.05) is 6.92 Å². The predicted octanol–water partition coefficient (Wildman–Crippen LogP) is 5.80. The lowest BCUT2D eigenvalue weighted by molar-refractivity contribution is -0.118. The van der Waals surface area contributed by atoms with Crippen LogP contribution in [0.3, 0.4) is 0 Å². The fourth-order valence-corrected chi connectivity index (χ4v) is 3.46. The lowest BCUT2D eigenvalue weighted by atomic mass is 9.71. The van der Waals surface area contributed by atoms with E-state index in [4.69, 9.17) is 0 Å². The van der Waals surface area contributed by atoms with Crippen LogP contribution in [0.1, 0.15) is 67.9 Å². The average molecular weight is 318 g/mol. The molecule has 1 aliphatic rings. The molecule has 3 rings (SSSR count). The molecule has 0 amide bonds. The fourth-order valence-electron chi connectivity index (χ4n) is 3.46. The van der Waals surface area contributed by atoms with Gasteiger partial charge in [-0.3, -0.25) is 4.79 Å². The summed E-state index contributed by atoms with van der Waals surface area (Å²) in [6, 6.07) is 15.3. The summed E-state index contributed by atoms with van der Waals surface area (Å²) in [5, 5.41) is 0. The number of carbonyl (C=O) groups is 1. The van der Waals surface area contributed by atoms with Crippen LogP contribution in [0.4, 0.5) is 0 Å². The molecule has 124 valence electrons. The van der Waals surface area contributed by atoms with Crippen LogP contribution in [0.5, 0.6) is 0 Å². The molecule has 0 aliphatic heterocycles. The largest absolute Gasteiger partial charge is 0.299 e. The minimum Gasteiger partial charge on any atom is -0.299 e. The molecule has 0 bridgehead atoms. The molecule has 0 radical (unpaired) electrons. The summed E-state index contributed by atoms with van der Waals surface area (Å²) in [6.45, 7) is 10.4. The Bertz CT molecular complexity index is 806. The lowest BCUT2D eigenvalue weighted by Crippen LogP contribution is -2.22. The van der Waals surface area contributed by atoms with Crippen LogP contribution >= 0.6 is 0 Å². The quantitative estimate of drug-likeness (QED) is 0.699. The summed E-state index contributed by atoms with van der Waals surface area (Å²) >= 11 is 0. The highest BCUT2D eigenvalue weighted by Gasteiger charge is 2.29. The van der Waals surface area contributed by atoms with Gasteiger partial charge in [-0.15, -0.1) is 0 Å². The summed E-state index contributed by atoms with van der Waals surface area (Å²) < 4.78 is 0. The number of rotatable bonds is 3. The monoisotopic (exact) mass is 318 g/mol. The number of aryl methyl sites for hydroxylation is 1. The zero-order chi connectivity index (χ0) is 17.5. The Morgan fingerprint density at radius 1 is 1.08 bits per heavy atom. The van der Waals surface area contributed by atoms with Gasteiger partial charge in [0.15, 0.2) is 0 Å². The number of ketones is 1. The smallest absolute Gasteiger partial charge is 0.136 e. The van der Waals surface area contributed by atoms with Crippen molar-refractivity contribution in [2.24, 2.45) is 0 Å². The van der Waals surface area contributed by atoms with Crippen molar-refractivity contribution in [1.82, 2.24) is 0 Å². The highest BCUT2D eigenvalue weighted by molar-refractivity contribution is 5.86. The van der Waals surface area contributed by atoms with Crippen molar-refractivity contribution in [1.29, 1.82) is 0 Å². The third-order valence-corrected chi connectivity index (χ3v) is 5.35. The number of benzene rings is 2. The molecule has 1 atom stereocenters. The Balaban J connectivity index is 2.15. The second-order valence-electron chi connectivity index (χ2n) is 7.71. The van der Waals surface area contributed by atoms with E-state index in [2.05, 4.69) is 69.3 Å². The minimum absolute atomic E-state index is 0.0559. The topological polar surface area (TPSA) is 17.1 Å². The number of fused-ring (bicyclic) bond motifs is 1. The Morgan fingerprint density at radius 2 is 1.75 bits per heavy atom. The van der Waals surface area contributed by atoms with Crippen molar-refractivity contribution >= 4 is 11.4 Å². The first-order valence-corrected chi connectivity index (χ1v) is 8.72. The Morgan fingerprint density at radius 3 is 2.38 bits per heavy atom. The molecular formula is C23H26O. The molecule has 2 aromatic rings. The molecular weight excluding hydrogens is 292 g/mol. The summed E-state index contributed by atoms with van der Waals surface area (Å²) in [4.78, 5) is 11.8. The molecule has 1 aliphatic carbocycles. The molecule has 1 heteroatoms. The van der Waals surface area contributed by atoms with Crippen molar-refractivity contribution in [2.45, 2.75) is 52.4 Å². The fraction of sp³-hybridized carbons (Fsp3) is 0.348. The molecule has 0 heterocycles. The third kappa shape index (κ3) is 2.96. The summed E-state index contributed by atoms with van der Waals surface area (Å²) in [6.07, 6.45) is 3.39. The number of allylic oxidation sites excluding steroid dienone is 1. The molecule has 24 heavy (non-hydrogen) atoms. The van der Waals surface area contributed by atoms with Crippen LogP contribution in [0.2, 0.25) is 0 Å². The van der Waals surface area contributed by atoms with E-state index in [0.717, 1.165) is 12.0 Å². The summed E-state index contributed by atoms with van der Waals surface area (Å²) in [5.74, 6) is 0.158. The number of hydrogen-bond donors (Lipinski definition) is 0. The Labute approximate surface area is 145 Å². The first kappa shape index (κ1) is 16.7. The van der Waals surface area contributed by atoms with Gasteiger partial charge in [-0.05, 0) is 53.5 Å². The summed E-state index contributed by atoms with van der Waals surface area (Å²) in [5.41, 5.74) is 7.71. The van der Waals surface area contributed by atoms with E-state index < -0.39 is 0 Å². The molecule has 0 fully saturated rings. The number of Topliss-reactive ketones (excluding diaryl/α,β-unsaturated/α-hetero) is 1. The SMILES string of the molecule is CC(=O)C(C)c1ccc2c(c1)C(c1ccc(C)cc1)=CCC2(C)C. The van der Waals surface area contributed by atoms with E-state index in [9.17, 15) is 4.79 Å². The highest BCUT2D eigenvalue weighted by atomic mass is 16.1. The van der Waals surface area contributed by atoms with Crippen LogP contribution in [0, 0.1) is 6.92 Å². The first-order valence-electron chi connectivity index (χ1n) is 8.72. The van der Waals surface area contributed by atoms with E-state index in [1.54, 1.807) is 6.92 Å². The van der Waals surface area contributed by atoms with E-state index >= 15 is 0 Å². The molecule has 0 saturated heterocycles. The number of hydrogen-bond acceptors (Lipinski definition) is 1. The first-order chi connectivity index (χ1) is 11.3. The van der Waals surface area contributed by atoms with E-state index in [-0.39, 0.29) is 17.1 Å². The van der Waals surface area contributed by atoms with Crippen LogP contribution in [0.25, 0.3) is 5.57 Å². The van der Waals surface area contributed by atoms with Gasteiger partial charge in [-0.25, -0.2) is 0 Å². The van der Waals surface area contributed by atoms with E-state index in [0.29, 0.717) is 0 Å². The van der Waals surface area contributed by atoms with Gasteiger partial charge in [0.1, 0.15) is 5.78 Å². The van der Waals surface area contributed by atoms with Crippen LogP contribution in [-0.2, 0) is 10.2 Å². The zero-order valence-corrected chi connectivity index (χ0v) is 15.3. The second-order valence-corrected chi connectivity index (χ2v) is 7.71. The van der Waals surface area contributed by atoms with Crippen LogP contribution in [0.15, 0.2) is 48.5 Å². The van der Waals surface area contributed by atoms with Crippen LogP contribution in [-0.4, -0.2) is 5.78 Å². The maximum atomic E-state index is 11.8. The molecule has 2 aromatic carbocycles. The molecule has 0 aromatic heterocycles. The molecule has 1 unspecified atom stereocenters. The summed E-state index contributed by atoms with van der Waals surface area (Å²) in [7, 11) is 0. The highest BCUT2D eigenvalue weighted by Crippen LogP contribution is 2.42. The zero-order valence-electron chi connectivity index (χ0n) is 15.3. The number of carbonyl (C=O) groups excluding carboxylic acids is 1. The molecule has 0 saturated carbocycles. The van der Waals surface area contributed by atoms with Crippen molar-refractivity contribution in [3.63, 3.8) is 0 Å². The van der Waals surface area contributed by atoms with Gasteiger partial charge >= 0.3 is 0 Å². The molecule has 0 N–H and O–H groups in total. The maximum absolute atomic E-state index is 11.8. The van der Waals surface area contributed by atoms with Gasteiger partial charge in [0.25, 0.3) is 0 Å². The van der Waals surface area contributed by atoms with Crippen LogP contribution < -0.4 is 0 Å². The predicted molar refractivity (Wildman–Crippen MR) is 101 cm³/mol. The van der Waals surface area contributed by atoms with Gasteiger partial charge in [0.2, 0.25) is 0 Å². The van der Waals surface area contributed by atoms with Gasteiger partial charge in [0.05, 0.1) is 0 Å². The maximum Gasteiger partial charge on any atom is 0.136 e. The van der Waals surface area contributed by atoms with Crippen molar-refractivity contribution in [3.05, 3.63) is 76.4 Å². The normalized spacial score (nSPS) is 17.0. The molecule has 1 nitrogen and oxygen atoms in total. The third-order valence-electron chi connectivity index (χ3n) is 5.35. The molecule has 0 spiro atoms. The minimum atomic E-state index is -0.0559. The van der Waals surface area contributed by atoms with E-state index in [1.165, 1.54) is 27.8 Å². The Kier molecular flexibility index (Phi) is 4.21. The van der Waals surface area contributed by atoms with Crippen molar-refractivity contribution in [3.8, 4) is 0 Å². The van der Waals surface area contributed by atoms with Gasteiger partial charge in [-0.2, -0.15) is 0 Å². The second kappa shape index (κ2) is 6.05. The average Bonchev–Trinajstić information content (AvgIpc) is 2.55. The van der Waals surface area contributed by atoms with Crippen molar-refractivity contribution < 1.29 is 4.79 Å². The lowest BCUT2D eigenvalue weighted by Gasteiger charge is -2.33. The van der Waals surface area contributed by atoms with Crippen molar-refractivity contribution in [2.75, 3.05) is 0 Å². The standard InChI is InChI=1S/C23H26O/c1-15-6-8-18(9-7-15)20-12-13-23(4,5)22-11-10-19(14-21(20)22)16(2)17(3)24/h6-12,14,16H,13H2,1-5H3. The van der Waals surface area contributed by atoms with Gasteiger partial charge in [0, 0.05) is 5.92 Å². The Hall–Kier alpha value is -2.15. The van der Waals surface area contributed by atoms with Gasteiger partial charge < -0.3 is 0 Å². The van der Waals surface area contributed by atoms with Gasteiger partial charge in [-0.1, -0.05) is 74.9 Å².